The van der Waals surface area contributed by atoms with Crippen LogP contribution < -0.4 is 10.2 Å². The number of anilines is 2. The highest BCUT2D eigenvalue weighted by Crippen LogP contribution is 2.16. The van der Waals surface area contributed by atoms with Crippen LogP contribution in [0.25, 0.3) is 0 Å². The van der Waals surface area contributed by atoms with Crippen molar-refractivity contribution >= 4 is 11.5 Å². The van der Waals surface area contributed by atoms with Gasteiger partial charge in [-0.3, -0.25) is 0 Å². The number of nitrogens with one attached hydrogen (secondary N) is 1. The minimum absolute atomic E-state index is 0.290. The Morgan fingerprint density at radius 2 is 1.86 bits per heavy atom. The van der Waals surface area contributed by atoms with Gasteiger partial charge in [-0.25, -0.2) is 13.8 Å². The van der Waals surface area contributed by atoms with Crippen molar-refractivity contribution in [3.63, 3.8) is 0 Å². The van der Waals surface area contributed by atoms with E-state index in [1.54, 1.807) is 6.20 Å². The fourth-order valence-electron chi connectivity index (χ4n) is 2.09. The van der Waals surface area contributed by atoms with Gasteiger partial charge in [-0.1, -0.05) is 6.07 Å². The van der Waals surface area contributed by atoms with Crippen LogP contribution in [0.1, 0.15) is 19.4 Å². The summed E-state index contributed by atoms with van der Waals surface area (Å²) in [5, 5.41) is 3.08. The molecule has 0 amide bonds. The summed E-state index contributed by atoms with van der Waals surface area (Å²) < 4.78 is 26.3. The van der Waals surface area contributed by atoms with Gasteiger partial charge in [-0.15, -0.1) is 0 Å². The van der Waals surface area contributed by atoms with Crippen molar-refractivity contribution in [1.29, 1.82) is 0 Å². The van der Waals surface area contributed by atoms with Gasteiger partial charge in [0.2, 0.25) is 0 Å². The highest BCUT2D eigenvalue weighted by atomic mass is 19.1. The fraction of sp³-hybridized carbons (Fsp3) is 0.312. The Hall–Kier alpha value is -2.17. The van der Waals surface area contributed by atoms with Crippen molar-refractivity contribution in [1.82, 2.24) is 4.98 Å². The van der Waals surface area contributed by atoms with E-state index in [1.807, 2.05) is 12.1 Å². The van der Waals surface area contributed by atoms with Crippen LogP contribution in [0.5, 0.6) is 0 Å². The summed E-state index contributed by atoms with van der Waals surface area (Å²) in [6.07, 6.45) is 1.72. The number of pyridine rings is 1. The monoisotopic (exact) mass is 291 g/mol. The van der Waals surface area contributed by atoms with Crippen molar-refractivity contribution in [2.24, 2.45) is 0 Å². The molecular weight excluding hydrogens is 272 g/mol. The SMILES string of the molecule is CCN(CC)c1ccc(NCc2ccc(F)cc2F)cn1. The number of hydrogen-bond acceptors (Lipinski definition) is 3. The Labute approximate surface area is 123 Å². The number of rotatable bonds is 6. The van der Waals surface area contributed by atoms with Crippen LogP contribution in [0.3, 0.4) is 0 Å². The zero-order valence-electron chi connectivity index (χ0n) is 12.2. The van der Waals surface area contributed by atoms with Gasteiger partial charge in [0.1, 0.15) is 17.5 Å². The molecule has 0 atom stereocenters. The smallest absolute Gasteiger partial charge is 0.131 e. The van der Waals surface area contributed by atoms with Gasteiger partial charge < -0.3 is 10.2 Å². The lowest BCUT2D eigenvalue weighted by Gasteiger charge is -2.19. The Morgan fingerprint density at radius 1 is 1.10 bits per heavy atom. The molecular formula is C16H19F2N3. The number of halogens is 2. The second-order valence-corrected chi connectivity index (χ2v) is 4.67. The first kappa shape index (κ1) is 15.2. The fourth-order valence-corrected chi connectivity index (χ4v) is 2.09. The zero-order valence-corrected chi connectivity index (χ0v) is 12.2. The van der Waals surface area contributed by atoms with E-state index in [0.29, 0.717) is 12.1 Å². The van der Waals surface area contributed by atoms with Gasteiger partial charge in [0.25, 0.3) is 0 Å². The molecule has 0 bridgehead atoms. The second kappa shape index (κ2) is 7.02. The van der Waals surface area contributed by atoms with E-state index >= 15 is 0 Å². The maximum atomic E-state index is 13.5. The molecule has 0 aliphatic heterocycles. The van der Waals surface area contributed by atoms with Crippen LogP contribution >= 0.6 is 0 Å². The lowest BCUT2D eigenvalue weighted by atomic mass is 10.2. The quantitative estimate of drug-likeness (QED) is 0.877. The molecule has 21 heavy (non-hydrogen) atoms. The summed E-state index contributed by atoms with van der Waals surface area (Å²) in [5.41, 5.74) is 1.22. The van der Waals surface area contributed by atoms with Crippen molar-refractivity contribution in [3.8, 4) is 0 Å². The van der Waals surface area contributed by atoms with Crippen LogP contribution in [0.2, 0.25) is 0 Å². The number of benzene rings is 1. The Balaban J connectivity index is 2.00. The molecule has 0 fully saturated rings. The Morgan fingerprint density at radius 3 is 2.43 bits per heavy atom. The Kier molecular flexibility index (Phi) is 5.09. The minimum Gasteiger partial charge on any atom is -0.380 e. The summed E-state index contributed by atoms with van der Waals surface area (Å²) >= 11 is 0. The van der Waals surface area contributed by atoms with E-state index < -0.39 is 11.6 Å². The first-order valence-corrected chi connectivity index (χ1v) is 7.02. The van der Waals surface area contributed by atoms with Crippen LogP contribution in [-0.2, 0) is 6.54 Å². The molecule has 0 aliphatic carbocycles. The predicted octanol–water partition coefficient (Wildman–Crippen LogP) is 3.82. The lowest BCUT2D eigenvalue weighted by molar-refractivity contribution is 0.574. The van der Waals surface area contributed by atoms with E-state index in [9.17, 15) is 8.78 Å². The highest BCUT2D eigenvalue weighted by molar-refractivity contribution is 5.48. The van der Waals surface area contributed by atoms with Gasteiger partial charge in [0.15, 0.2) is 0 Å². The first-order valence-electron chi connectivity index (χ1n) is 7.02. The van der Waals surface area contributed by atoms with E-state index in [2.05, 4.69) is 29.0 Å². The predicted molar refractivity (Wildman–Crippen MR) is 81.5 cm³/mol. The molecule has 2 rings (SSSR count). The van der Waals surface area contributed by atoms with Gasteiger partial charge in [0, 0.05) is 31.3 Å². The molecule has 0 saturated heterocycles. The number of aromatic nitrogens is 1. The molecule has 1 heterocycles. The minimum atomic E-state index is -0.568. The molecule has 1 aromatic heterocycles. The molecule has 3 nitrogen and oxygen atoms in total. The van der Waals surface area contributed by atoms with E-state index in [-0.39, 0.29) is 0 Å². The van der Waals surface area contributed by atoms with Crippen molar-refractivity contribution < 1.29 is 8.78 Å². The van der Waals surface area contributed by atoms with Gasteiger partial charge in [0.05, 0.1) is 11.9 Å². The molecule has 0 radical (unpaired) electrons. The largest absolute Gasteiger partial charge is 0.380 e. The van der Waals surface area contributed by atoms with Gasteiger partial charge in [-0.05, 0) is 32.0 Å². The van der Waals surface area contributed by atoms with Crippen LogP contribution in [0.4, 0.5) is 20.3 Å². The normalized spacial score (nSPS) is 10.5. The molecule has 0 aliphatic rings. The highest BCUT2D eigenvalue weighted by Gasteiger charge is 2.05. The first-order chi connectivity index (χ1) is 10.1. The summed E-state index contributed by atoms with van der Waals surface area (Å²) in [5.74, 6) is -0.199. The third kappa shape index (κ3) is 3.90. The number of nitrogens with zero attached hydrogens (tertiary/aromatic N) is 2. The van der Waals surface area contributed by atoms with E-state index in [1.165, 1.54) is 12.1 Å². The van der Waals surface area contributed by atoms with Crippen LogP contribution in [-0.4, -0.2) is 18.1 Å². The van der Waals surface area contributed by atoms with Crippen molar-refractivity contribution in [2.75, 3.05) is 23.3 Å². The molecule has 0 saturated carbocycles. The van der Waals surface area contributed by atoms with E-state index in [0.717, 1.165) is 30.7 Å². The van der Waals surface area contributed by atoms with Crippen LogP contribution in [0.15, 0.2) is 36.5 Å². The Bertz CT molecular complexity index is 581. The molecule has 5 heteroatoms. The molecule has 112 valence electrons. The molecule has 0 spiro atoms. The van der Waals surface area contributed by atoms with Crippen molar-refractivity contribution in [2.45, 2.75) is 20.4 Å². The third-order valence-electron chi connectivity index (χ3n) is 3.33. The average Bonchev–Trinajstić information content (AvgIpc) is 2.49. The lowest BCUT2D eigenvalue weighted by Crippen LogP contribution is -2.22. The zero-order chi connectivity index (χ0) is 15.2. The van der Waals surface area contributed by atoms with Crippen LogP contribution in [0, 0.1) is 11.6 Å². The summed E-state index contributed by atoms with van der Waals surface area (Å²) in [7, 11) is 0. The molecule has 2 aromatic rings. The average molecular weight is 291 g/mol. The maximum absolute atomic E-state index is 13.5. The molecule has 1 aromatic carbocycles. The maximum Gasteiger partial charge on any atom is 0.131 e. The second-order valence-electron chi connectivity index (χ2n) is 4.67. The number of hydrogen-bond donors (Lipinski definition) is 1. The van der Waals surface area contributed by atoms with Crippen molar-refractivity contribution in [3.05, 3.63) is 53.7 Å². The van der Waals surface area contributed by atoms with Gasteiger partial charge in [-0.2, -0.15) is 0 Å². The van der Waals surface area contributed by atoms with E-state index in [4.69, 9.17) is 0 Å². The molecule has 1 N–H and O–H groups in total. The van der Waals surface area contributed by atoms with Gasteiger partial charge >= 0.3 is 0 Å². The summed E-state index contributed by atoms with van der Waals surface area (Å²) in [6, 6.07) is 7.41. The topological polar surface area (TPSA) is 28.2 Å². The summed E-state index contributed by atoms with van der Waals surface area (Å²) in [6.45, 7) is 6.25. The molecule has 0 unspecified atom stereocenters. The third-order valence-corrected chi connectivity index (χ3v) is 3.33. The standard InChI is InChI=1S/C16H19F2N3/c1-3-21(4-2)16-8-7-14(11-20-16)19-10-12-5-6-13(17)9-15(12)18/h5-9,11,19H,3-4,10H2,1-2H3. The summed E-state index contributed by atoms with van der Waals surface area (Å²) in [4.78, 5) is 6.52.